The minimum atomic E-state index is -3.49. The number of nitrogens with one attached hydrogen (secondary N) is 1. The van der Waals surface area contributed by atoms with E-state index in [1.807, 2.05) is 6.07 Å². The molecule has 1 aliphatic heterocycles. The number of carbonyl (C=O) groups excluding carboxylic acids is 2. The maximum Gasteiger partial charge on any atom is 0.306 e. The second-order valence-electron chi connectivity index (χ2n) is 8.93. The molecule has 1 saturated heterocycles. The molecule has 1 amide bonds. The average molecular weight is 574 g/mol. The van der Waals surface area contributed by atoms with E-state index in [9.17, 15) is 18.0 Å². The highest BCUT2D eigenvalue weighted by molar-refractivity contribution is 7.89. The zero-order chi connectivity index (χ0) is 27.8. The molecule has 10 nitrogen and oxygen atoms in total. The van der Waals surface area contributed by atoms with E-state index in [-0.39, 0.29) is 11.3 Å². The van der Waals surface area contributed by atoms with Crippen LogP contribution in [0.1, 0.15) is 31.2 Å². The van der Waals surface area contributed by atoms with Crippen LogP contribution in [0.15, 0.2) is 52.7 Å². The van der Waals surface area contributed by atoms with Gasteiger partial charge in [-0.25, -0.2) is 13.4 Å². The lowest BCUT2D eigenvalue weighted by atomic mass is 10.1. The lowest BCUT2D eigenvalue weighted by Crippen LogP contribution is -2.35. The molecule has 4 rings (SSSR count). The minimum Gasteiger partial charge on any atom is -0.493 e. The summed E-state index contributed by atoms with van der Waals surface area (Å²) in [6.45, 7) is 0.660. The van der Waals surface area contributed by atoms with Gasteiger partial charge in [0.25, 0.3) is 5.91 Å². The van der Waals surface area contributed by atoms with Crippen molar-refractivity contribution in [3.8, 4) is 22.8 Å². The maximum absolute atomic E-state index is 12.8. The Balaban J connectivity index is 1.22. The number of ether oxygens (including phenoxy) is 3. The molecule has 0 radical (unpaired) electrons. The monoisotopic (exact) mass is 573 g/mol. The first-order valence-electron chi connectivity index (χ1n) is 12.5. The fourth-order valence-electron chi connectivity index (χ4n) is 4.16. The molecule has 0 spiro atoms. The summed E-state index contributed by atoms with van der Waals surface area (Å²) in [7, 11) is -0.383. The van der Waals surface area contributed by atoms with E-state index < -0.39 is 28.5 Å². The van der Waals surface area contributed by atoms with Gasteiger partial charge >= 0.3 is 5.97 Å². The van der Waals surface area contributed by atoms with Gasteiger partial charge in [0.1, 0.15) is 0 Å². The zero-order valence-corrected chi connectivity index (χ0v) is 23.5. The molecule has 0 bridgehead atoms. The molecule has 1 fully saturated rings. The first kappa shape index (κ1) is 28.5. The third kappa shape index (κ3) is 7.34. The number of hydrogen-bond donors (Lipinski definition) is 1. The lowest BCUT2D eigenvalue weighted by Gasteiger charge is -2.25. The molecule has 2 heterocycles. The number of aromatic nitrogens is 1. The number of rotatable bonds is 11. The third-order valence-corrected chi connectivity index (χ3v) is 8.96. The Morgan fingerprint density at radius 3 is 2.41 bits per heavy atom. The number of esters is 1. The Morgan fingerprint density at radius 1 is 1.00 bits per heavy atom. The smallest absolute Gasteiger partial charge is 0.306 e. The Bertz CT molecular complexity index is 1400. The van der Waals surface area contributed by atoms with Crippen molar-refractivity contribution in [1.29, 1.82) is 0 Å². The summed E-state index contributed by atoms with van der Waals surface area (Å²) < 4.78 is 42.7. The molecule has 1 aromatic heterocycles. The molecule has 0 saturated carbocycles. The highest BCUT2D eigenvalue weighted by atomic mass is 32.2. The maximum atomic E-state index is 12.8. The number of sulfonamides is 1. The Labute approximate surface area is 232 Å². The molecule has 39 heavy (non-hydrogen) atoms. The number of aryl methyl sites for hydroxylation is 1. The summed E-state index contributed by atoms with van der Waals surface area (Å²) in [6.07, 6.45) is 3.23. The zero-order valence-electron chi connectivity index (χ0n) is 21.8. The number of anilines is 1. The number of piperidine rings is 1. The third-order valence-electron chi connectivity index (χ3n) is 6.29. The molecule has 12 heteroatoms. The number of methoxy groups -OCH3 is 2. The van der Waals surface area contributed by atoms with Gasteiger partial charge in [-0.3, -0.25) is 14.9 Å². The molecular weight excluding hydrogens is 542 g/mol. The van der Waals surface area contributed by atoms with E-state index in [1.165, 1.54) is 15.6 Å². The van der Waals surface area contributed by atoms with Gasteiger partial charge in [-0.2, -0.15) is 4.31 Å². The number of carbonyl (C=O) groups is 2. The fourth-order valence-corrected chi connectivity index (χ4v) is 6.41. The van der Waals surface area contributed by atoms with Crippen LogP contribution in [-0.4, -0.2) is 63.5 Å². The number of hydrogen-bond acceptors (Lipinski definition) is 9. The van der Waals surface area contributed by atoms with Crippen molar-refractivity contribution < 1.29 is 32.2 Å². The van der Waals surface area contributed by atoms with Crippen molar-refractivity contribution in [2.24, 2.45) is 0 Å². The van der Waals surface area contributed by atoms with E-state index in [2.05, 4.69) is 10.3 Å². The predicted molar refractivity (Wildman–Crippen MR) is 148 cm³/mol. The molecular formula is C27H31N3O7S2. The first-order valence-corrected chi connectivity index (χ1v) is 14.8. The van der Waals surface area contributed by atoms with Crippen LogP contribution in [0, 0.1) is 0 Å². The molecule has 3 aromatic rings. The van der Waals surface area contributed by atoms with Gasteiger partial charge in [-0.1, -0.05) is 18.6 Å². The van der Waals surface area contributed by atoms with E-state index in [1.54, 1.807) is 56.0 Å². The summed E-state index contributed by atoms with van der Waals surface area (Å²) in [5.74, 6) is 0.146. The van der Waals surface area contributed by atoms with Gasteiger partial charge in [-0.15, -0.1) is 11.3 Å². The minimum absolute atomic E-state index is 0.0617. The van der Waals surface area contributed by atoms with Crippen molar-refractivity contribution in [2.75, 3.05) is 39.2 Å². The summed E-state index contributed by atoms with van der Waals surface area (Å²) >= 11 is 1.25. The second-order valence-corrected chi connectivity index (χ2v) is 11.7. The summed E-state index contributed by atoms with van der Waals surface area (Å²) in [4.78, 5) is 29.1. The summed E-state index contributed by atoms with van der Waals surface area (Å²) in [5.41, 5.74) is 2.26. The fraction of sp³-hybridized carbons (Fsp3) is 0.370. The first-order chi connectivity index (χ1) is 18.8. The van der Waals surface area contributed by atoms with Crippen molar-refractivity contribution in [3.05, 3.63) is 53.4 Å². The van der Waals surface area contributed by atoms with Crippen molar-refractivity contribution in [2.45, 2.75) is 37.0 Å². The predicted octanol–water partition coefficient (Wildman–Crippen LogP) is 4.12. The Morgan fingerprint density at radius 2 is 1.72 bits per heavy atom. The quantitative estimate of drug-likeness (QED) is 0.340. The number of nitrogens with zero attached hydrogens (tertiary/aromatic N) is 2. The van der Waals surface area contributed by atoms with Crippen LogP contribution in [0.25, 0.3) is 11.3 Å². The Hall–Kier alpha value is -3.48. The summed E-state index contributed by atoms with van der Waals surface area (Å²) in [5, 5.41) is 4.81. The van der Waals surface area contributed by atoms with E-state index in [4.69, 9.17) is 14.2 Å². The van der Waals surface area contributed by atoms with Crippen molar-refractivity contribution in [3.63, 3.8) is 0 Å². The lowest BCUT2D eigenvalue weighted by molar-refractivity contribution is -0.147. The molecule has 1 N–H and O–H groups in total. The van der Waals surface area contributed by atoms with Crippen molar-refractivity contribution in [1.82, 2.24) is 9.29 Å². The van der Waals surface area contributed by atoms with Gasteiger partial charge in [0.15, 0.2) is 23.2 Å². The van der Waals surface area contributed by atoms with E-state index >= 15 is 0 Å². The molecule has 1 aliphatic rings. The van der Waals surface area contributed by atoms with Gasteiger partial charge < -0.3 is 14.2 Å². The molecule has 208 valence electrons. The number of thiazole rings is 1. The van der Waals surface area contributed by atoms with Crippen LogP contribution >= 0.6 is 11.3 Å². The van der Waals surface area contributed by atoms with Gasteiger partial charge in [-0.05, 0) is 55.2 Å². The SMILES string of the molecule is COc1ccc(-c2csc(NC(=O)COC(=O)CCc3ccc(S(=O)(=O)N4CCCCC4)cc3)n2)cc1OC. The van der Waals surface area contributed by atoms with Gasteiger partial charge in [0, 0.05) is 30.5 Å². The molecule has 0 atom stereocenters. The normalized spacial score (nSPS) is 14.0. The second kappa shape index (κ2) is 13.0. The van der Waals surface area contributed by atoms with E-state index in [0.717, 1.165) is 30.4 Å². The highest BCUT2D eigenvalue weighted by Gasteiger charge is 2.25. The van der Waals surface area contributed by atoms with Crippen LogP contribution < -0.4 is 14.8 Å². The molecule has 2 aromatic carbocycles. The number of amides is 1. The van der Waals surface area contributed by atoms with Crippen LogP contribution in [0.2, 0.25) is 0 Å². The largest absolute Gasteiger partial charge is 0.493 e. The number of benzene rings is 2. The molecule has 0 aliphatic carbocycles. The standard InChI is InChI=1S/C27H31N3O7S2/c1-35-23-12-9-20(16-24(23)36-2)22-18-38-27(28-22)29-25(31)17-37-26(32)13-8-19-6-10-21(11-7-19)39(33,34)30-14-4-3-5-15-30/h6-7,9-12,16,18H,3-5,8,13-15,17H2,1-2H3,(H,28,29,31). The van der Waals surface area contributed by atoms with Gasteiger partial charge in [0.05, 0.1) is 24.8 Å². The Kier molecular flexibility index (Phi) is 9.54. The van der Waals surface area contributed by atoms with E-state index in [0.29, 0.717) is 41.8 Å². The van der Waals surface area contributed by atoms with Crippen LogP contribution in [0.3, 0.4) is 0 Å². The van der Waals surface area contributed by atoms with Crippen molar-refractivity contribution >= 4 is 38.4 Å². The van der Waals surface area contributed by atoms with Crippen LogP contribution in [0.5, 0.6) is 11.5 Å². The van der Waals surface area contributed by atoms with Crippen LogP contribution in [-0.2, 0) is 30.8 Å². The average Bonchev–Trinajstić information content (AvgIpc) is 3.43. The summed E-state index contributed by atoms with van der Waals surface area (Å²) in [6, 6.07) is 12.0. The highest BCUT2D eigenvalue weighted by Crippen LogP contribution is 2.33. The molecule has 0 unspecified atom stereocenters. The topological polar surface area (TPSA) is 124 Å². The van der Waals surface area contributed by atoms with Crippen LogP contribution in [0.4, 0.5) is 5.13 Å². The van der Waals surface area contributed by atoms with Gasteiger partial charge in [0.2, 0.25) is 10.0 Å².